The molecule has 1 nitrogen and oxygen atoms in total. The van der Waals surface area contributed by atoms with Crippen LogP contribution in [0.15, 0.2) is 200 Å². The van der Waals surface area contributed by atoms with E-state index >= 15 is 0 Å². The van der Waals surface area contributed by atoms with E-state index in [9.17, 15) is 0 Å². The number of nitrogens with zero attached hydrogens (tertiary/aromatic N) is 1. The predicted molar refractivity (Wildman–Crippen MR) is 225 cm³/mol. The third-order valence-corrected chi connectivity index (χ3v) is 11.5. The Kier molecular flexibility index (Phi) is 7.41. The van der Waals surface area contributed by atoms with Gasteiger partial charge in [-0.1, -0.05) is 164 Å². The van der Waals surface area contributed by atoms with Crippen LogP contribution in [0, 0.1) is 0 Å². The zero-order valence-corrected chi connectivity index (χ0v) is 29.2. The SMILES string of the molecule is c1ccc(-c2ccc(N(c3ccc4c(ccc5ccccc54)c3)c3ccc(-c4ccccc4)c4sc5ccccc5c34)c(-c3ccccc3)c2)cc1. The van der Waals surface area contributed by atoms with Gasteiger partial charge in [0.05, 0.1) is 11.4 Å². The molecule has 0 aliphatic heterocycles. The average Bonchev–Trinajstić information content (AvgIpc) is 3.62. The highest BCUT2D eigenvalue weighted by Gasteiger charge is 2.24. The van der Waals surface area contributed by atoms with Gasteiger partial charge in [-0.2, -0.15) is 0 Å². The monoisotopic (exact) mass is 679 g/mol. The summed E-state index contributed by atoms with van der Waals surface area (Å²) in [5.41, 5.74) is 10.7. The van der Waals surface area contributed by atoms with E-state index in [-0.39, 0.29) is 0 Å². The molecule has 2 heteroatoms. The standard InChI is InChI=1S/C50H33NS/c1-4-14-34(15-5-1)38-26-30-46(45(33-38)36-18-8-3-9-19-36)51(40-27-28-42-39(32-40)25-24-37-20-10-11-21-41(37)42)47-31-29-43(35-16-6-2-7-17-35)50-49(47)44-22-12-13-23-48(44)52-50/h1-33H. The van der Waals surface area contributed by atoms with Gasteiger partial charge in [0.25, 0.3) is 0 Å². The Balaban J connectivity index is 1.30. The Morgan fingerprint density at radius 3 is 1.71 bits per heavy atom. The second kappa shape index (κ2) is 12.7. The van der Waals surface area contributed by atoms with Crippen molar-refractivity contribution in [2.45, 2.75) is 0 Å². The average molecular weight is 680 g/mol. The molecule has 0 radical (unpaired) electrons. The maximum Gasteiger partial charge on any atom is 0.0555 e. The minimum atomic E-state index is 1.12. The minimum Gasteiger partial charge on any atom is -0.309 e. The summed E-state index contributed by atoms with van der Waals surface area (Å²) in [6.45, 7) is 0. The molecule has 0 amide bonds. The van der Waals surface area contributed by atoms with Crippen molar-refractivity contribution in [1.82, 2.24) is 0 Å². The summed E-state index contributed by atoms with van der Waals surface area (Å²) in [6, 6.07) is 73.0. The molecule has 0 N–H and O–H groups in total. The van der Waals surface area contributed by atoms with Crippen molar-refractivity contribution >= 4 is 70.1 Å². The molecule has 0 fully saturated rings. The normalized spacial score (nSPS) is 11.5. The first-order chi connectivity index (χ1) is 25.8. The molecule has 1 heterocycles. The van der Waals surface area contributed by atoms with Gasteiger partial charge in [0.15, 0.2) is 0 Å². The van der Waals surface area contributed by atoms with Gasteiger partial charge in [-0.15, -0.1) is 11.3 Å². The van der Waals surface area contributed by atoms with Crippen LogP contribution in [0.1, 0.15) is 0 Å². The number of thiophene rings is 1. The van der Waals surface area contributed by atoms with Gasteiger partial charge in [0.2, 0.25) is 0 Å². The van der Waals surface area contributed by atoms with Crippen molar-refractivity contribution in [1.29, 1.82) is 0 Å². The zero-order chi connectivity index (χ0) is 34.4. The van der Waals surface area contributed by atoms with Crippen molar-refractivity contribution in [2.75, 3.05) is 4.90 Å². The van der Waals surface area contributed by atoms with Crippen LogP contribution in [0.2, 0.25) is 0 Å². The summed E-state index contributed by atoms with van der Waals surface area (Å²) in [5.74, 6) is 0. The van der Waals surface area contributed by atoms with Gasteiger partial charge >= 0.3 is 0 Å². The van der Waals surface area contributed by atoms with Gasteiger partial charge in [0, 0.05) is 31.4 Å². The Labute approximate surface area is 307 Å². The quantitative estimate of drug-likeness (QED) is 0.158. The Morgan fingerprint density at radius 1 is 0.346 bits per heavy atom. The lowest BCUT2D eigenvalue weighted by atomic mass is 9.95. The molecule has 0 saturated heterocycles. The molecule has 0 saturated carbocycles. The molecule has 0 spiro atoms. The first-order valence-electron chi connectivity index (χ1n) is 17.8. The summed E-state index contributed by atoms with van der Waals surface area (Å²) < 4.78 is 2.58. The molecule has 10 rings (SSSR count). The van der Waals surface area contributed by atoms with Gasteiger partial charge in [0.1, 0.15) is 0 Å². The van der Waals surface area contributed by atoms with Crippen molar-refractivity contribution in [3.63, 3.8) is 0 Å². The minimum absolute atomic E-state index is 1.12. The topological polar surface area (TPSA) is 3.24 Å². The summed E-state index contributed by atoms with van der Waals surface area (Å²) in [6.07, 6.45) is 0. The maximum atomic E-state index is 2.50. The lowest BCUT2D eigenvalue weighted by Gasteiger charge is -2.30. The van der Waals surface area contributed by atoms with Crippen LogP contribution in [-0.2, 0) is 0 Å². The van der Waals surface area contributed by atoms with Crippen molar-refractivity contribution in [3.8, 4) is 33.4 Å². The molecule has 10 aromatic rings. The van der Waals surface area contributed by atoms with Crippen molar-refractivity contribution < 1.29 is 0 Å². The lowest BCUT2D eigenvalue weighted by Crippen LogP contribution is -2.12. The Bertz CT molecular complexity index is 2890. The van der Waals surface area contributed by atoms with E-state index in [4.69, 9.17) is 0 Å². The second-order valence-electron chi connectivity index (χ2n) is 13.3. The van der Waals surface area contributed by atoms with Gasteiger partial charge in [-0.25, -0.2) is 0 Å². The summed E-state index contributed by atoms with van der Waals surface area (Å²) in [7, 11) is 0. The van der Waals surface area contributed by atoms with E-state index in [1.165, 1.54) is 75.1 Å². The number of benzene rings is 9. The van der Waals surface area contributed by atoms with E-state index in [0.29, 0.717) is 0 Å². The number of anilines is 3. The summed E-state index contributed by atoms with van der Waals surface area (Å²) >= 11 is 1.88. The van der Waals surface area contributed by atoms with Gasteiger partial charge in [-0.3, -0.25) is 0 Å². The fourth-order valence-electron chi connectivity index (χ4n) is 7.78. The van der Waals surface area contributed by atoms with Crippen molar-refractivity contribution in [3.05, 3.63) is 200 Å². The molecule has 0 unspecified atom stereocenters. The van der Waals surface area contributed by atoms with E-state index < -0.39 is 0 Å². The van der Waals surface area contributed by atoms with E-state index in [1.54, 1.807) is 0 Å². The maximum absolute atomic E-state index is 2.50. The van der Waals surface area contributed by atoms with E-state index in [2.05, 4.69) is 205 Å². The van der Waals surface area contributed by atoms with E-state index in [1.807, 2.05) is 11.3 Å². The smallest absolute Gasteiger partial charge is 0.0555 e. The van der Waals surface area contributed by atoms with Crippen LogP contribution in [-0.4, -0.2) is 0 Å². The third kappa shape index (κ3) is 5.16. The van der Waals surface area contributed by atoms with E-state index in [0.717, 1.165) is 17.1 Å². The fraction of sp³-hybridized carbons (Fsp3) is 0. The molecule has 1 aromatic heterocycles. The molecule has 244 valence electrons. The Hall–Kier alpha value is -6.48. The molecule has 0 aliphatic rings. The highest BCUT2D eigenvalue weighted by Crippen LogP contribution is 2.50. The second-order valence-corrected chi connectivity index (χ2v) is 14.3. The van der Waals surface area contributed by atoms with Crippen LogP contribution >= 0.6 is 11.3 Å². The van der Waals surface area contributed by atoms with Gasteiger partial charge in [-0.05, 0) is 85.8 Å². The van der Waals surface area contributed by atoms with Crippen LogP contribution in [0.5, 0.6) is 0 Å². The summed E-state index contributed by atoms with van der Waals surface area (Å²) in [5, 5.41) is 7.55. The van der Waals surface area contributed by atoms with Gasteiger partial charge < -0.3 is 4.90 Å². The van der Waals surface area contributed by atoms with Crippen LogP contribution < -0.4 is 4.90 Å². The molecule has 0 aliphatic carbocycles. The fourth-order valence-corrected chi connectivity index (χ4v) is 9.04. The molecule has 9 aromatic carbocycles. The summed E-state index contributed by atoms with van der Waals surface area (Å²) in [4.78, 5) is 2.50. The third-order valence-electron chi connectivity index (χ3n) is 10.2. The number of hydrogen-bond acceptors (Lipinski definition) is 2. The van der Waals surface area contributed by atoms with Crippen LogP contribution in [0.25, 0.3) is 75.1 Å². The molecule has 52 heavy (non-hydrogen) atoms. The number of hydrogen-bond donors (Lipinski definition) is 0. The molecule has 0 atom stereocenters. The van der Waals surface area contributed by atoms with Crippen LogP contribution in [0.4, 0.5) is 17.1 Å². The number of fused-ring (bicyclic) bond motifs is 6. The lowest BCUT2D eigenvalue weighted by molar-refractivity contribution is 1.31. The first kappa shape index (κ1) is 30.4. The predicted octanol–water partition coefficient (Wildman–Crippen LogP) is 14.8. The molecular weight excluding hydrogens is 647 g/mol. The highest BCUT2D eigenvalue weighted by atomic mass is 32.1. The Morgan fingerprint density at radius 2 is 0.942 bits per heavy atom. The molecule has 0 bridgehead atoms. The first-order valence-corrected chi connectivity index (χ1v) is 18.6. The highest BCUT2D eigenvalue weighted by molar-refractivity contribution is 7.26. The molecular formula is C50H33NS. The number of rotatable bonds is 6. The van der Waals surface area contributed by atoms with Crippen molar-refractivity contribution in [2.24, 2.45) is 0 Å². The zero-order valence-electron chi connectivity index (χ0n) is 28.4. The largest absolute Gasteiger partial charge is 0.309 e. The van der Waals surface area contributed by atoms with Crippen LogP contribution in [0.3, 0.4) is 0 Å².